The number of amides is 1. The number of aromatic nitrogens is 2. The maximum absolute atomic E-state index is 12.4. The quantitative estimate of drug-likeness (QED) is 0.785. The second kappa shape index (κ2) is 7.19. The molecule has 0 aliphatic rings. The van der Waals surface area contributed by atoms with Crippen LogP contribution < -0.4 is 5.32 Å². The second-order valence-electron chi connectivity index (χ2n) is 5.84. The number of benzene rings is 2. The van der Waals surface area contributed by atoms with Gasteiger partial charge in [-0.05, 0) is 31.8 Å². The molecule has 0 saturated carbocycles. The Bertz CT molecular complexity index is 833. The molecule has 1 atom stereocenters. The molecule has 0 bridgehead atoms. The predicted molar refractivity (Wildman–Crippen MR) is 94.7 cm³/mol. The third kappa shape index (κ3) is 3.58. The number of likely N-dealkylation sites (N-methyl/N-ethyl adjacent to an activating group) is 1. The van der Waals surface area contributed by atoms with Crippen LogP contribution >= 0.6 is 0 Å². The van der Waals surface area contributed by atoms with E-state index in [1.54, 1.807) is 0 Å². The fourth-order valence-electron chi connectivity index (χ4n) is 2.62. The van der Waals surface area contributed by atoms with Crippen LogP contribution in [0, 0.1) is 0 Å². The molecule has 2 aromatic carbocycles. The van der Waals surface area contributed by atoms with Crippen molar-refractivity contribution in [3.63, 3.8) is 0 Å². The van der Waals surface area contributed by atoms with Gasteiger partial charge in [0.05, 0.1) is 23.3 Å². The molecule has 0 aliphatic heterocycles. The van der Waals surface area contributed by atoms with Crippen LogP contribution in [0.4, 0.5) is 0 Å². The number of carbonyl (C=O) groups excluding carboxylic acids is 1. The van der Waals surface area contributed by atoms with Crippen molar-refractivity contribution in [3.05, 3.63) is 72.1 Å². The molecule has 5 heteroatoms. The average Bonchev–Trinajstić information content (AvgIpc) is 2.62. The molecule has 0 radical (unpaired) electrons. The van der Waals surface area contributed by atoms with Gasteiger partial charge in [0.1, 0.15) is 5.69 Å². The highest BCUT2D eigenvalue weighted by Crippen LogP contribution is 2.17. The molecule has 1 aromatic heterocycles. The van der Waals surface area contributed by atoms with E-state index >= 15 is 0 Å². The summed E-state index contributed by atoms with van der Waals surface area (Å²) < 4.78 is 0. The van der Waals surface area contributed by atoms with E-state index < -0.39 is 0 Å². The SMILES string of the molecule is CN(C)C(CNC(=O)c1cnc2ccccc2n1)c1ccccc1. The lowest BCUT2D eigenvalue weighted by atomic mass is 10.1. The monoisotopic (exact) mass is 320 g/mol. The third-order valence-corrected chi connectivity index (χ3v) is 3.94. The van der Waals surface area contributed by atoms with Crippen molar-refractivity contribution in [1.82, 2.24) is 20.2 Å². The van der Waals surface area contributed by atoms with Gasteiger partial charge in [-0.2, -0.15) is 0 Å². The highest BCUT2D eigenvalue weighted by atomic mass is 16.1. The van der Waals surface area contributed by atoms with Crippen LogP contribution in [0.25, 0.3) is 11.0 Å². The highest BCUT2D eigenvalue weighted by Gasteiger charge is 2.16. The maximum atomic E-state index is 12.4. The molecule has 122 valence electrons. The van der Waals surface area contributed by atoms with Crippen molar-refractivity contribution in [1.29, 1.82) is 0 Å². The number of nitrogens with one attached hydrogen (secondary N) is 1. The lowest BCUT2D eigenvalue weighted by Crippen LogP contribution is -2.35. The van der Waals surface area contributed by atoms with Crippen molar-refractivity contribution < 1.29 is 4.79 Å². The van der Waals surface area contributed by atoms with Gasteiger partial charge < -0.3 is 10.2 Å². The number of hydrogen-bond acceptors (Lipinski definition) is 4. The average molecular weight is 320 g/mol. The summed E-state index contributed by atoms with van der Waals surface area (Å²) in [5.74, 6) is -0.212. The summed E-state index contributed by atoms with van der Waals surface area (Å²) in [6, 6.07) is 17.7. The first-order valence-electron chi connectivity index (χ1n) is 7.86. The molecule has 0 fully saturated rings. The summed E-state index contributed by atoms with van der Waals surface area (Å²) in [7, 11) is 4.00. The largest absolute Gasteiger partial charge is 0.349 e. The molecule has 5 nitrogen and oxygen atoms in total. The first-order chi connectivity index (χ1) is 11.6. The third-order valence-electron chi connectivity index (χ3n) is 3.94. The molecule has 3 aromatic rings. The Balaban J connectivity index is 1.73. The van der Waals surface area contributed by atoms with E-state index in [9.17, 15) is 4.79 Å². The Hall–Kier alpha value is -2.79. The molecule has 0 spiro atoms. The van der Waals surface area contributed by atoms with E-state index in [-0.39, 0.29) is 11.9 Å². The zero-order chi connectivity index (χ0) is 16.9. The minimum Gasteiger partial charge on any atom is -0.349 e. The lowest BCUT2D eigenvalue weighted by molar-refractivity contribution is 0.0937. The summed E-state index contributed by atoms with van der Waals surface area (Å²) in [6.07, 6.45) is 1.52. The molecule has 1 unspecified atom stereocenters. The smallest absolute Gasteiger partial charge is 0.271 e. The van der Waals surface area contributed by atoms with Crippen LogP contribution in [0.15, 0.2) is 60.8 Å². The molecule has 1 heterocycles. The topological polar surface area (TPSA) is 58.1 Å². The van der Waals surface area contributed by atoms with Gasteiger partial charge in [-0.15, -0.1) is 0 Å². The summed E-state index contributed by atoms with van der Waals surface area (Å²) in [4.78, 5) is 23.2. The second-order valence-corrected chi connectivity index (χ2v) is 5.84. The van der Waals surface area contributed by atoms with Crippen molar-refractivity contribution >= 4 is 16.9 Å². The Morgan fingerprint density at radius 1 is 1.04 bits per heavy atom. The molecule has 1 amide bonds. The maximum Gasteiger partial charge on any atom is 0.271 e. The highest BCUT2D eigenvalue weighted by molar-refractivity contribution is 5.93. The lowest BCUT2D eigenvalue weighted by Gasteiger charge is -2.25. The number of rotatable bonds is 5. The van der Waals surface area contributed by atoms with Crippen LogP contribution in [0.3, 0.4) is 0 Å². The van der Waals surface area contributed by atoms with Gasteiger partial charge in [0.2, 0.25) is 0 Å². The zero-order valence-electron chi connectivity index (χ0n) is 13.8. The van der Waals surface area contributed by atoms with Crippen molar-refractivity contribution in [3.8, 4) is 0 Å². The number of hydrogen-bond donors (Lipinski definition) is 1. The van der Waals surface area contributed by atoms with E-state index in [2.05, 4.69) is 32.3 Å². The van der Waals surface area contributed by atoms with E-state index in [1.165, 1.54) is 6.20 Å². The number of nitrogens with zero attached hydrogens (tertiary/aromatic N) is 3. The molecule has 0 saturated heterocycles. The molecule has 1 N–H and O–H groups in total. The molecular formula is C19H20N4O. The van der Waals surface area contributed by atoms with Gasteiger partial charge in [-0.25, -0.2) is 4.98 Å². The summed E-state index contributed by atoms with van der Waals surface area (Å²) in [5.41, 5.74) is 2.99. The Morgan fingerprint density at radius 3 is 2.42 bits per heavy atom. The zero-order valence-corrected chi connectivity index (χ0v) is 13.8. The Morgan fingerprint density at radius 2 is 1.71 bits per heavy atom. The number of fused-ring (bicyclic) bond motifs is 1. The predicted octanol–water partition coefficient (Wildman–Crippen LogP) is 2.66. The Labute approximate surface area is 141 Å². The summed E-state index contributed by atoms with van der Waals surface area (Å²) in [5, 5.41) is 2.96. The fraction of sp³-hybridized carbons (Fsp3) is 0.211. The fourth-order valence-corrected chi connectivity index (χ4v) is 2.62. The molecule has 3 rings (SSSR count). The van der Waals surface area contributed by atoms with Gasteiger partial charge in [-0.1, -0.05) is 42.5 Å². The van der Waals surface area contributed by atoms with Crippen molar-refractivity contribution in [2.45, 2.75) is 6.04 Å². The van der Waals surface area contributed by atoms with Crippen LogP contribution in [-0.4, -0.2) is 41.4 Å². The molecular weight excluding hydrogens is 300 g/mol. The van der Waals surface area contributed by atoms with E-state index in [0.29, 0.717) is 12.2 Å². The van der Waals surface area contributed by atoms with E-state index in [4.69, 9.17) is 0 Å². The van der Waals surface area contributed by atoms with E-state index in [1.807, 2.05) is 56.6 Å². The van der Waals surface area contributed by atoms with Gasteiger partial charge in [-0.3, -0.25) is 9.78 Å². The van der Waals surface area contributed by atoms with E-state index in [0.717, 1.165) is 16.6 Å². The van der Waals surface area contributed by atoms with Crippen LogP contribution in [-0.2, 0) is 0 Å². The minimum atomic E-state index is -0.212. The minimum absolute atomic E-state index is 0.101. The molecule has 0 aliphatic carbocycles. The first kappa shape index (κ1) is 16.1. The Kier molecular flexibility index (Phi) is 4.82. The van der Waals surface area contributed by atoms with Crippen LogP contribution in [0.1, 0.15) is 22.1 Å². The van der Waals surface area contributed by atoms with Crippen LogP contribution in [0.5, 0.6) is 0 Å². The van der Waals surface area contributed by atoms with Crippen LogP contribution in [0.2, 0.25) is 0 Å². The van der Waals surface area contributed by atoms with Gasteiger partial charge in [0.15, 0.2) is 0 Å². The van der Waals surface area contributed by atoms with Gasteiger partial charge >= 0.3 is 0 Å². The number of carbonyl (C=O) groups is 1. The number of para-hydroxylation sites is 2. The summed E-state index contributed by atoms with van der Waals surface area (Å²) >= 11 is 0. The summed E-state index contributed by atoms with van der Waals surface area (Å²) in [6.45, 7) is 0.504. The normalized spacial score (nSPS) is 12.3. The molecule has 24 heavy (non-hydrogen) atoms. The standard InChI is InChI=1S/C19H20N4O/c1-23(2)18(14-8-4-3-5-9-14)13-21-19(24)17-12-20-15-10-6-7-11-16(15)22-17/h3-12,18H,13H2,1-2H3,(H,21,24). The van der Waals surface area contributed by atoms with Crippen molar-refractivity contribution in [2.24, 2.45) is 0 Å². The first-order valence-corrected chi connectivity index (χ1v) is 7.86. The van der Waals surface area contributed by atoms with Crippen molar-refractivity contribution in [2.75, 3.05) is 20.6 Å². The van der Waals surface area contributed by atoms with Gasteiger partial charge in [0.25, 0.3) is 5.91 Å². The van der Waals surface area contributed by atoms with Gasteiger partial charge in [0, 0.05) is 6.54 Å².